The second kappa shape index (κ2) is 17.8. The van der Waals surface area contributed by atoms with Gasteiger partial charge in [0.25, 0.3) is 11.9 Å². The zero-order valence-electron chi connectivity index (χ0n) is 44.9. The van der Waals surface area contributed by atoms with Gasteiger partial charge in [0.05, 0.1) is 60.4 Å². The number of hydrogen-bond donors (Lipinski definition) is 6. The van der Waals surface area contributed by atoms with E-state index in [1.165, 1.54) is 11.1 Å². The van der Waals surface area contributed by atoms with E-state index in [1.54, 1.807) is 27.7 Å². The predicted molar refractivity (Wildman–Crippen MR) is 265 cm³/mol. The van der Waals surface area contributed by atoms with Crippen LogP contribution >= 0.6 is 0 Å². The molecule has 5 heterocycles. The van der Waals surface area contributed by atoms with Gasteiger partial charge < -0.3 is 59.1 Å². The maximum atomic E-state index is 12.5. The fraction of sp³-hybridized carbons (Fsp3) is 0.862. The van der Waals surface area contributed by atoms with Gasteiger partial charge >= 0.3 is 0 Å². The molecule has 4 saturated heterocycles. The molecule has 74 heavy (non-hydrogen) atoms. The van der Waals surface area contributed by atoms with Gasteiger partial charge in [-0.25, -0.2) is 0 Å². The van der Waals surface area contributed by atoms with Crippen molar-refractivity contribution in [1.29, 1.82) is 0 Å². The van der Waals surface area contributed by atoms with Crippen LogP contribution in [0.4, 0.5) is 0 Å². The van der Waals surface area contributed by atoms with Crippen LogP contribution in [0.25, 0.3) is 0 Å². The molecule has 10 fully saturated rings. The Balaban J connectivity index is 0.672. The van der Waals surface area contributed by atoms with Crippen LogP contribution in [0.5, 0.6) is 0 Å². The fourth-order valence-corrected chi connectivity index (χ4v) is 19.4. The quantitative estimate of drug-likeness (QED) is 0.198. The van der Waals surface area contributed by atoms with Crippen LogP contribution in [-0.4, -0.2) is 139 Å². The minimum atomic E-state index is -1.42. The molecule has 6 unspecified atom stereocenters. The molecule has 0 spiro atoms. The van der Waals surface area contributed by atoms with Crippen LogP contribution in [-0.2, 0) is 63.6 Å². The van der Waals surface area contributed by atoms with E-state index >= 15 is 0 Å². The van der Waals surface area contributed by atoms with Gasteiger partial charge in [-0.3, -0.25) is 19.4 Å². The Morgan fingerprint density at radius 3 is 1.34 bits per heavy atom. The molecule has 0 aromatic carbocycles. The third-order valence-corrected chi connectivity index (χ3v) is 23.2. The Labute approximate surface area is 436 Å². The lowest BCUT2D eigenvalue weighted by molar-refractivity contribution is -0.340. The average Bonchev–Trinajstić information content (AvgIpc) is 4.06. The Morgan fingerprint density at radius 2 is 0.932 bits per heavy atom. The van der Waals surface area contributed by atoms with Gasteiger partial charge in [-0.05, 0) is 173 Å². The third kappa shape index (κ3) is 7.70. The van der Waals surface area contributed by atoms with E-state index in [0.717, 1.165) is 113 Å². The minimum absolute atomic E-state index is 0.0768. The van der Waals surface area contributed by atoms with Crippen LogP contribution in [0, 0.1) is 69.0 Å². The lowest BCUT2D eigenvalue weighted by Gasteiger charge is -2.62. The summed E-state index contributed by atoms with van der Waals surface area (Å²) in [5.74, 6) is 0.164. The number of allylic oxidation sites excluding steroid dienone is 2. The van der Waals surface area contributed by atoms with E-state index in [4.69, 9.17) is 47.9 Å². The molecule has 12 aliphatic rings. The van der Waals surface area contributed by atoms with E-state index in [9.17, 15) is 30.6 Å². The van der Waals surface area contributed by atoms with E-state index in [0.29, 0.717) is 35.5 Å². The zero-order valence-corrected chi connectivity index (χ0v) is 44.9. The van der Waals surface area contributed by atoms with Crippen molar-refractivity contribution in [3.05, 3.63) is 46.1 Å². The number of ether oxygens (including phenoxy) is 8. The molecule has 6 N–H and O–H groups in total. The summed E-state index contributed by atoms with van der Waals surface area (Å²) < 4.78 is 48.0. The first-order chi connectivity index (χ1) is 35.0. The summed E-state index contributed by atoms with van der Waals surface area (Å²) in [6, 6.07) is 0. The first-order valence-corrected chi connectivity index (χ1v) is 28.7. The summed E-state index contributed by atoms with van der Waals surface area (Å²) >= 11 is 0. The molecule has 16 heteroatoms. The van der Waals surface area contributed by atoms with Crippen molar-refractivity contribution in [2.45, 2.75) is 231 Å². The summed E-state index contributed by atoms with van der Waals surface area (Å²) in [5.41, 5.74) is 6.85. The molecule has 1 aromatic heterocycles. The highest BCUT2D eigenvalue weighted by Crippen LogP contribution is 2.69. The highest BCUT2D eigenvalue weighted by molar-refractivity contribution is 5.33. The van der Waals surface area contributed by atoms with Crippen molar-refractivity contribution < 1.29 is 68.5 Å². The van der Waals surface area contributed by atoms with Crippen molar-refractivity contribution in [3.63, 3.8) is 0 Å². The second-order valence-electron chi connectivity index (χ2n) is 27.0. The van der Waals surface area contributed by atoms with Gasteiger partial charge in [0.2, 0.25) is 0 Å². The molecule has 0 amide bonds. The summed E-state index contributed by atoms with van der Waals surface area (Å²) in [5, 5.41) is 66.9. The molecule has 0 bridgehead atoms. The number of aliphatic hydroxyl groups is 6. The van der Waals surface area contributed by atoms with Crippen LogP contribution in [0.2, 0.25) is 0 Å². The van der Waals surface area contributed by atoms with Crippen LogP contribution < -0.4 is 0 Å². The van der Waals surface area contributed by atoms with Gasteiger partial charge in [-0.2, -0.15) is 0 Å². The maximum Gasteiger partial charge on any atom is 0.283 e. The Bertz CT molecular complexity index is 2280. The number of aromatic nitrogens is 2. The monoisotopic (exact) mass is 1030 g/mol. The Hall–Kier alpha value is -2.00. The number of rotatable bonds is 6. The Morgan fingerprint density at radius 1 is 0.527 bits per heavy atom. The molecular weight excluding hydrogens is 949 g/mol. The number of nitrogens with zero attached hydrogens (tertiary/aromatic N) is 2. The predicted octanol–water partition coefficient (Wildman–Crippen LogP) is 5.33. The lowest BCUT2D eigenvalue weighted by atomic mass is 9.44. The van der Waals surface area contributed by atoms with Gasteiger partial charge in [0.15, 0.2) is 12.6 Å². The molecule has 8 aliphatic carbocycles. The van der Waals surface area contributed by atoms with E-state index in [-0.39, 0.29) is 46.7 Å². The van der Waals surface area contributed by atoms with E-state index in [1.807, 2.05) is 0 Å². The maximum absolute atomic E-state index is 12.5. The molecule has 16 nitrogen and oxygen atoms in total. The topological polar surface area (TPSA) is 221 Å². The van der Waals surface area contributed by atoms with Crippen molar-refractivity contribution in [2.24, 2.45) is 69.0 Å². The normalized spacial score (nSPS) is 56.0. The molecule has 13 rings (SSSR count). The van der Waals surface area contributed by atoms with Gasteiger partial charge in [0.1, 0.15) is 36.6 Å². The molecule has 410 valence electrons. The van der Waals surface area contributed by atoms with Crippen LogP contribution in [0.1, 0.15) is 142 Å². The van der Waals surface area contributed by atoms with Gasteiger partial charge in [0, 0.05) is 13.8 Å². The van der Waals surface area contributed by atoms with Crippen molar-refractivity contribution in [1.82, 2.24) is 9.97 Å². The largest absolute Gasteiger partial charge is 0.393 e. The smallest absolute Gasteiger partial charge is 0.283 e. The number of fused-ring (bicyclic) bond motifs is 14. The minimum Gasteiger partial charge on any atom is -0.393 e. The van der Waals surface area contributed by atoms with Gasteiger partial charge in [-0.1, -0.05) is 51.0 Å². The molecule has 0 radical (unpaired) electrons. The summed E-state index contributed by atoms with van der Waals surface area (Å²) in [6.45, 7) is 17.0. The first kappa shape index (κ1) is 51.4. The van der Waals surface area contributed by atoms with Crippen molar-refractivity contribution in [2.75, 3.05) is 13.2 Å². The molecule has 26 atom stereocenters. The third-order valence-electron chi connectivity index (χ3n) is 23.2. The second-order valence-corrected chi connectivity index (χ2v) is 27.0. The van der Waals surface area contributed by atoms with Crippen LogP contribution in [0.15, 0.2) is 23.3 Å². The number of hydrogen-bond acceptors (Lipinski definition) is 16. The summed E-state index contributed by atoms with van der Waals surface area (Å²) in [4.78, 5) is 11.2. The highest BCUT2D eigenvalue weighted by atomic mass is 16.9. The standard InChI is InChI=1S/C58H84N2O14/c1-27-45(63)47(65)49-51(69-27)73-57(7,71-49)67-19-17-29-11-15-35-33-13-9-31-21-37-39(23-55(31,5)43(33)41(61)25-53(29,35)3)59-38-22-32-10-14-34-36-16-12-30(54(36,4)26-42(62)44(34)56(32,6)24-40(38)60-37)18-20-68-58(8)72-50-48(66)46(64)28(2)70-52(50)74-58/h17-18,27-28,31-36,41-52,61-66H,9-16,19-26H2,1-8H3/b29-17+,30-18+/t27-,28+,31-,32-,33-,34-,35-,36-,41-,42-,43+,44+,45-,46+,47+,48-,49?,50?,51?,52?,53+,54+,55-,56-,57?,58?/m0/s1. The zero-order chi connectivity index (χ0) is 51.8. The highest BCUT2D eigenvalue weighted by Gasteiger charge is 2.65. The Kier molecular flexibility index (Phi) is 12.3. The van der Waals surface area contributed by atoms with Crippen molar-refractivity contribution >= 4 is 0 Å². The molecule has 4 aliphatic heterocycles. The lowest BCUT2D eigenvalue weighted by Crippen LogP contribution is -2.59. The van der Waals surface area contributed by atoms with Crippen molar-refractivity contribution in [3.8, 4) is 0 Å². The van der Waals surface area contributed by atoms with E-state index in [2.05, 4.69) is 39.8 Å². The SMILES string of the molecule is C[C@@H]1OC2OC(C)(OC/C=C3\CC[C@H]4[C@@H]5CC[C@H]6Cc7nc8c(nc7C[C@]6(C)[C@H]5[C@@H](O)C[C@]34C)C[C@@H]3CC[C@@H]4[C@H]([C@@H](O)C[C@]5(C)/C(=C/COC6(C)OC7O[C@H](C)[C@@H](O)[C@H](O)C7O6)CC[C@@H]45)[C@@]3(C)C8)OC2[C@H](O)[C@H]1O. The summed E-state index contributed by atoms with van der Waals surface area (Å²) in [7, 11) is 0. The first-order valence-electron chi connectivity index (χ1n) is 28.7. The van der Waals surface area contributed by atoms with E-state index < -0.39 is 85.6 Å². The number of aliphatic hydroxyl groups excluding tert-OH is 6. The van der Waals surface area contributed by atoms with Gasteiger partial charge in [-0.15, -0.1) is 0 Å². The fourth-order valence-electron chi connectivity index (χ4n) is 19.4. The average molecular weight is 1030 g/mol. The van der Waals surface area contributed by atoms with Crippen LogP contribution in [0.3, 0.4) is 0 Å². The summed E-state index contributed by atoms with van der Waals surface area (Å²) in [6.07, 6.45) is 8.07. The molecular formula is C58H84N2O14. The molecule has 6 saturated carbocycles. The molecule has 1 aromatic rings.